The molecule has 1 atom stereocenters. The fraction of sp³-hybridized carbons (Fsp3) is 0.800. The van der Waals surface area contributed by atoms with E-state index < -0.39 is 9.90 Å². The van der Waals surface area contributed by atoms with E-state index in [-0.39, 0.29) is 18.0 Å². The number of rotatable bonds is 3. The van der Waals surface area contributed by atoms with Gasteiger partial charge >= 0.3 is 0 Å². The summed E-state index contributed by atoms with van der Waals surface area (Å²) in [4.78, 5) is 10.3. The second-order valence-electron chi connectivity index (χ2n) is 1.99. The van der Waals surface area contributed by atoms with E-state index in [0.717, 1.165) is 0 Å². The molecule has 0 aliphatic rings. The first-order chi connectivity index (χ1) is 4.84. The van der Waals surface area contributed by atoms with Crippen LogP contribution in [0, 0.1) is 0 Å². The van der Waals surface area contributed by atoms with E-state index in [1.165, 1.54) is 0 Å². The van der Waals surface area contributed by atoms with Crippen molar-refractivity contribution in [2.24, 2.45) is 0 Å². The van der Waals surface area contributed by atoms with Gasteiger partial charge in [0.05, 0.1) is 0 Å². The Balaban J connectivity index is 3.70. The van der Waals surface area contributed by atoms with E-state index in [0.29, 0.717) is 0 Å². The van der Waals surface area contributed by atoms with Gasteiger partial charge in [-0.1, -0.05) is 34.8 Å². The fourth-order valence-electron chi connectivity index (χ4n) is 0.424. The molecule has 0 bridgehead atoms. The van der Waals surface area contributed by atoms with Crippen molar-refractivity contribution < 1.29 is 9.90 Å². The highest BCUT2D eigenvalue weighted by Gasteiger charge is 2.30. The van der Waals surface area contributed by atoms with Crippen LogP contribution in [0.5, 0.6) is 0 Å². The van der Waals surface area contributed by atoms with Gasteiger partial charge in [0.2, 0.25) is 3.79 Å². The van der Waals surface area contributed by atoms with Gasteiger partial charge in [-0.05, 0) is 6.42 Å². The second-order valence-corrected chi connectivity index (χ2v) is 4.86. The molecule has 1 N–H and O–H groups in total. The summed E-state index contributed by atoms with van der Waals surface area (Å²) in [5, 5.41) is 8.72. The first kappa shape index (κ1) is 11.8. The number of aliphatic hydroxyl groups excluding tert-OH is 1. The highest BCUT2D eigenvalue weighted by Crippen LogP contribution is 2.32. The zero-order valence-electron chi connectivity index (χ0n) is 5.43. The van der Waals surface area contributed by atoms with Gasteiger partial charge in [-0.3, -0.25) is 4.79 Å². The molecular formula is C5H7Cl3O2S. The molecule has 1 unspecified atom stereocenters. The Morgan fingerprint density at radius 2 is 2.00 bits per heavy atom. The highest BCUT2D eigenvalue weighted by atomic mass is 35.6. The molecule has 0 aliphatic heterocycles. The summed E-state index contributed by atoms with van der Waals surface area (Å²) >= 11 is 19.4. The minimum atomic E-state index is -1.72. The van der Waals surface area contributed by atoms with Crippen molar-refractivity contribution in [3.63, 3.8) is 0 Å². The lowest BCUT2D eigenvalue weighted by molar-refractivity contribution is -0.111. The van der Waals surface area contributed by atoms with Gasteiger partial charge in [-0.25, -0.2) is 0 Å². The summed E-state index contributed by atoms with van der Waals surface area (Å²) in [7, 11) is 0. The van der Waals surface area contributed by atoms with Gasteiger partial charge in [0.25, 0.3) is 0 Å². The lowest BCUT2D eigenvalue weighted by atomic mass is 10.2. The number of aliphatic hydroxyl groups is 1. The molecule has 0 aromatic rings. The number of hydrogen-bond acceptors (Lipinski definition) is 2. The van der Waals surface area contributed by atoms with Crippen LogP contribution in [0.2, 0.25) is 0 Å². The molecule has 2 nitrogen and oxygen atoms in total. The Morgan fingerprint density at radius 3 is 2.27 bits per heavy atom. The predicted octanol–water partition coefficient (Wildman–Crippen LogP) is 1.95. The van der Waals surface area contributed by atoms with Crippen molar-refractivity contribution in [2.45, 2.75) is 22.7 Å². The third-order valence-corrected chi connectivity index (χ3v) is 1.99. The van der Waals surface area contributed by atoms with E-state index in [9.17, 15) is 4.79 Å². The van der Waals surface area contributed by atoms with Crippen molar-refractivity contribution in [1.29, 1.82) is 0 Å². The van der Waals surface area contributed by atoms with Gasteiger partial charge in [0, 0.05) is 6.42 Å². The number of thiol groups is 1. The number of hydrogen-bond donors (Lipinski definition) is 2. The van der Waals surface area contributed by atoms with Gasteiger partial charge in [-0.2, -0.15) is 0 Å². The van der Waals surface area contributed by atoms with Crippen LogP contribution in [-0.2, 0) is 4.79 Å². The zero-order chi connectivity index (χ0) is 9.07. The van der Waals surface area contributed by atoms with Crippen LogP contribution in [0.1, 0.15) is 12.8 Å². The van der Waals surface area contributed by atoms with E-state index in [4.69, 9.17) is 39.9 Å². The van der Waals surface area contributed by atoms with Crippen LogP contribution in [-0.4, -0.2) is 20.1 Å². The summed E-state index contributed by atoms with van der Waals surface area (Å²) < 4.78 is -1.72. The third kappa shape index (κ3) is 6.05. The minimum absolute atomic E-state index is 0.0954. The van der Waals surface area contributed by atoms with Crippen LogP contribution in [0.15, 0.2) is 0 Å². The van der Waals surface area contributed by atoms with Crippen molar-refractivity contribution >= 4 is 52.5 Å². The highest BCUT2D eigenvalue weighted by molar-refractivity contribution is 7.96. The normalized spacial score (nSPS) is 14.6. The average molecular weight is 238 g/mol. The molecule has 66 valence electrons. The summed E-state index contributed by atoms with van der Waals surface area (Å²) in [6.07, 6.45) is -0.916. The largest absolute Gasteiger partial charge is 0.389 e. The van der Waals surface area contributed by atoms with E-state index in [1.807, 2.05) is 0 Å². The molecule has 0 fully saturated rings. The summed E-state index contributed by atoms with van der Waals surface area (Å²) in [6, 6.07) is 0. The Labute approximate surface area is 85.2 Å². The van der Waals surface area contributed by atoms with Gasteiger partial charge in [0.15, 0.2) is 5.12 Å². The molecule has 0 radical (unpaired) electrons. The molecule has 0 heterocycles. The summed E-state index contributed by atoms with van der Waals surface area (Å²) in [5.74, 6) is 0. The van der Waals surface area contributed by atoms with Crippen LogP contribution in [0.4, 0.5) is 0 Å². The average Bonchev–Trinajstić information content (AvgIpc) is 1.80. The van der Waals surface area contributed by atoms with Crippen LogP contribution < -0.4 is 0 Å². The lowest BCUT2D eigenvalue weighted by Crippen LogP contribution is -2.25. The maximum Gasteiger partial charge on any atom is 0.216 e. The first-order valence-corrected chi connectivity index (χ1v) is 4.38. The molecule has 0 saturated carbocycles. The predicted molar refractivity (Wildman–Crippen MR) is 49.5 cm³/mol. The van der Waals surface area contributed by atoms with Crippen molar-refractivity contribution in [3.05, 3.63) is 0 Å². The molecule has 0 amide bonds. The maximum atomic E-state index is 10.3. The molecule has 0 rings (SSSR count). The first-order valence-electron chi connectivity index (χ1n) is 2.80. The molecule has 11 heavy (non-hydrogen) atoms. The van der Waals surface area contributed by atoms with Crippen molar-refractivity contribution in [3.8, 4) is 0 Å². The molecule has 0 aromatic carbocycles. The smallest absolute Gasteiger partial charge is 0.216 e. The Morgan fingerprint density at radius 1 is 1.55 bits per heavy atom. The monoisotopic (exact) mass is 236 g/mol. The number of carbonyl (C=O) groups is 1. The number of halogens is 3. The maximum absolute atomic E-state index is 10.3. The molecule has 6 heteroatoms. The Kier molecular flexibility index (Phi) is 5.14. The van der Waals surface area contributed by atoms with Crippen molar-refractivity contribution in [1.82, 2.24) is 0 Å². The van der Waals surface area contributed by atoms with Crippen LogP contribution >= 0.6 is 47.4 Å². The van der Waals surface area contributed by atoms with E-state index >= 15 is 0 Å². The number of alkyl halides is 3. The van der Waals surface area contributed by atoms with Gasteiger partial charge in [-0.15, -0.1) is 12.6 Å². The molecule has 0 spiro atoms. The zero-order valence-corrected chi connectivity index (χ0v) is 8.59. The quantitative estimate of drug-likeness (QED) is 0.582. The molecule has 0 saturated heterocycles. The van der Waals surface area contributed by atoms with Crippen LogP contribution in [0.25, 0.3) is 0 Å². The van der Waals surface area contributed by atoms with Gasteiger partial charge in [0.1, 0.15) is 6.10 Å². The van der Waals surface area contributed by atoms with Crippen LogP contribution in [0.3, 0.4) is 0 Å². The van der Waals surface area contributed by atoms with E-state index in [2.05, 4.69) is 12.6 Å². The van der Waals surface area contributed by atoms with Crippen molar-refractivity contribution in [2.75, 3.05) is 0 Å². The standard InChI is InChI=1S/C5H7Cl3O2S/c6-5(7,8)3(9)1-2-4(10)11/h3,9H,1-2H2,(H,10,11). The second kappa shape index (κ2) is 4.77. The third-order valence-electron chi connectivity index (χ3n) is 1.01. The number of carbonyl (C=O) groups excluding carboxylic acids is 1. The van der Waals surface area contributed by atoms with E-state index in [1.54, 1.807) is 0 Å². The summed E-state index contributed by atoms with van der Waals surface area (Å²) in [5.41, 5.74) is 0. The minimum Gasteiger partial charge on any atom is -0.389 e. The van der Waals surface area contributed by atoms with Gasteiger partial charge < -0.3 is 5.11 Å². The topological polar surface area (TPSA) is 37.3 Å². The molecular weight excluding hydrogens is 230 g/mol. The Hall–Kier alpha value is 0.850. The fourth-order valence-corrected chi connectivity index (χ4v) is 0.880. The summed E-state index contributed by atoms with van der Waals surface area (Å²) in [6.45, 7) is 0. The Bertz CT molecular complexity index is 145. The molecule has 0 aromatic heterocycles. The SMILES string of the molecule is O=C(S)CCC(O)C(Cl)(Cl)Cl. The lowest BCUT2D eigenvalue weighted by Gasteiger charge is -2.17. The molecule has 0 aliphatic carbocycles.